The largest absolute Gasteiger partial charge is 0.489 e. The predicted octanol–water partition coefficient (Wildman–Crippen LogP) is 2.87. The normalized spacial score (nSPS) is 10.3. The molecule has 0 aliphatic rings. The third-order valence-electron chi connectivity index (χ3n) is 3.40. The molecule has 3 aromatic rings. The van der Waals surface area contributed by atoms with E-state index in [4.69, 9.17) is 9.84 Å². The van der Waals surface area contributed by atoms with Crippen molar-refractivity contribution in [1.82, 2.24) is 15.0 Å². The summed E-state index contributed by atoms with van der Waals surface area (Å²) in [6.07, 6.45) is 2.95. The van der Waals surface area contributed by atoms with Gasteiger partial charge in [0.2, 0.25) is 5.95 Å². The van der Waals surface area contributed by atoms with E-state index >= 15 is 0 Å². The van der Waals surface area contributed by atoms with Crippen LogP contribution in [-0.2, 0) is 0 Å². The summed E-state index contributed by atoms with van der Waals surface area (Å²) in [6, 6.07) is 10.6. The van der Waals surface area contributed by atoms with Gasteiger partial charge in [0.05, 0.1) is 23.5 Å². The van der Waals surface area contributed by atoms with E-state index in [0.717, 1.165) is 0 Å². The summed E-state index contributed by atoms with van der Waals surface area (Å²) >= 11 is 0. The van der Waals surface area contributed by atoms with Crippen molar-refractivity contribution in [2.45, 2.75) is 0 Å². The van der Waals surface area contributed by atoms with Crippen molar-refractivity contribution < 1.29 is 19.0 Å². The molecule has 0 saturated heterocycles. The third-order valence-corrected chi connectivity index (χ3v) is 3.40. The molecule has 0 saturated carbocycles. The fourth-order valence-corrected chi connectivity index (χ4v) is 2.18. The van der Waals surface area contributed by atoms with Gasteiger partial charge in [0.1, 0.15) is 6.61 Å². The lowest BCUT2D eigenvalue weighted by molar-refractivity contribution is 0.0697. The fraction of sp³-hybridized carbons (Fsp3) is 0.111. The van der Waals surface area contributed by atoms with Crippen LogP contribution in [0.5, 0.6) is 5.75 Å². The zero-order valence-corrected chi connectivity index (χ0v) is 13.6. The first-order valence-corrected chi connectivity index (χ1v) is 7.77. The molecule has 2 heterocycles. The minimum absolute atomic E-state index is 0.126. The lowest BCUT2D eigenvalue weighted by Gasteiger charge is -2.09. The van der Waals surface area contributed by atoms with E-state index < -0.39 is 11.8 Å². The number of aromatic nitrogens is 3. The van der Waals surface area contributed by atoms with Crippen LogP contribution in [-0.4, -0.2) is 39.2 Å². The Morgan fingerprint density at radius 3 is 2.73 bits per heavy atom. The number of halogens is 1. The number of rotatable bonds is 7. The molecular weight excluding hydrogens is 339 g/mol. The number of pyridine rings is 1. The molecular formula is C18H15FN4O3. The van der Waals surface area contributed by atoms with Crippen molar-refractivity contribution in [1.29, 1.82) is 0 Å². The minimum Gasteiger partial charge on any atom is -0.489 e. The number of carbonyl (C=O) groups is 1. The van der Waals surface area contributed by atoms with Crippen LogP contribution in [0.25, 0.3) is 11.4 Å². The molecule has 3 rings (SSSR count). The molecule has 0 aliphatic carbocycles. The highest BCUT2D eigenvalue weighted by Gasteiger charge is 2.08. The van der Waals surface area contributed by atoms with Gasteiger partial charge in [-0.15, -0.1) is 0 Å². The SMILES string of the molecule is O=C(O)c1ccnc(-c2ccnc(NCCOc3ccccc3F)n2)c1. The Kier molecular flexibility index (Phi) is 5.33. The van der Waals surface area contributed by atoms with Gasteiger partial charge in [-0.3, -0.25) is 4.98 Å². The van der Waals surface area contributed by atoms with Gasteiger partial charge in [0.25, 0.3) is 0 Å². The Hall–Kier alpha value is -3.55. The van der Waals surface area contributed by atoms with Crippen LogP contribution in [0.3, 0.4) is 0 Å². The quantitative estimate of drug-likeness (QED) is 0.630. The van der Waals surface area contributed by atoms with Crippen molar-refractivity contribution in [3.8, 4) is 17.1 Å². The molecule has 2 N–H and O–H groups in total. The van der Waals surface area contributed by atoms with Crippen LogP contribution < -0.4 is 10.1 Å². The van der Waals surface area contributed by atoms with E-state index in [1.807, 2.05) is 0 Å². The van der Waals surface area contributed by atoms with Gasteiger partial charge in [-0.05, 0) is 30.3 Å². The molecule has 0 unspecified atom stereocenters. The van der Waals surface area contributed by atoms with Gasteiger partial charge in [-0.1, -0.05) is 12.1 Å². The van der Waals surface area contributed by atoms with Gasteiger partial charge >= 0.3 is 5.97 Å². The van der Waals surface area contributed by atoms with E-state index in [9.17, 15) is 9.18 Å². The molecule has 132 valence electrons. The number of aromatic carboxylic acids is 1. The highest BCUT2D eigenvalue weighted by atomic mass is 19.1. The number of hydrogen-bond donors (Lipinski definition) is 2. The second-order valence-electron chi connectivity index (χ2n) is 5.21. The van der Waals surface area contributed by atoms with Crippen LogP contribution in [0.2, 0.25) is 0 Å². The first kappa shape index (κ1) is 17.3. The van der Waals surface area contributed by atoms with Crippen molar-refractivity contribution >= 4 is 11.9 Å². The molecule has 0 spiro atoms. The number of ether oxygens (including phenoxy) is 1. The van der Waals surface area contributed by atoms with Gasteiger partial charge < -0.3 is 15.2 Å². The molecule has 0 bridgehead atoms. The first-order chi connectivity index (χ1) is 12.6. The second-order valence-corrected chi connectivity index (χ2v) is 5.21. The molecule has 0 amide bonds. The lowest BCUT2D eigenvalue weighted by Crippen LogP contribution is -2.14. The van der Waals surface area contributed by atoms with Crippen LogP contribution in [0.1, 0.15) is 10.4 Å². The minimum atomic E-state index is -1.04. The number of para-hydroxylation sites is 1. The lowest BCUT2D eigenvalue weighted by atomic mass is 10.2. The van der Waals surface area contributed by atoms with Crippen molar-refractivity contribution in [2.75, 3.05) is 18.5 Å². The number of anilines is 1. The molecule has 2 aromatic heterocycles. The Morgan fingerprint density at radius 1 is 1.12 bits per heavy atom. The maximum atomic E-state index is 13.5. The Balaban J connectivity index is 1.62. The van der Waals surface area contributed by atoms with Crippen LogP contribution in [0.15, 0.2) is 54.9 Å². The van der Waals surface area contributed by atoms with Gasteiger partial charge in [0, 0.05) is 12.4 Å². The number of nitrogens with zero attached hydrogens (tertiary/aromatic N) is 3. The number of carboxylic acids is 1. The molecule has 0 fully saturated rings. The zero-order valence-electron chi connectivity index (χ0n) is 13.6. The summed E-state index contributed by atoms with van der Waals surface area (Å²) in [5.41, 5.74) is 1.04. The molecule has 7 nitrogen and oxygen atoms in total. The van der Waals surface area contributed by atoms with E-state index in [2.05, 4.69) is 20.3 Å². The highest BCUT2D eigenvalue weighted by molar-refractivity contribution is 5.88. The second kappa shape index (κ2) is 8.02. The van der Waals surface area contributed by atoms with Crippen LogP contribution in [0, 0.1) is 5.82 Å². The van der Waals surface area contributed by atoms with E-state index in [0.29, 0.717) is 23.9 Å². The summed E-state index contributed by atoms with van der Waals surface area (Å²) in [5, 5.41) is 12.0. The number of benzene rings is 1. The van der Waals surface area contributed by atoms with E-state index in [1.54, 1.807) is 24.3 Å². The van der Waals surface area contributed by atoms with Gasteiger partial charge in [0.15, 0.2) is 11.6 Å². The highest BCUT2D eigenvalue weighted by Crippen LogP contribution is 2.17. The molecule has 8 heteroatoms. The zero-order chi connectivity index (χ0) is 18.4. The summed E-state index contributed by atoms with van der Waals surface area (Å²) < 4.78 is 18.8. The number of carboxylic acid groups (broad SMARTS) is 1. The molecule has 0 atom stereocenters. The van der Waals surface area contributed by atoms with E-state index in [-0.39, 0.29) is 17.9 Å². The number of hydrogen-bond acceptors (Lipinski definition) is 6. The summed E-state index contributed by atoms with van der Waals surface area (Å²) in [6.45, 7) is 0.585. The molecule has 0 aliphatic heterocycles. The smallest absolute Gasteiger partial charge is 0.335 e. The van der Waals surface area contributed by atoms with Crippen molar-refractivity contribution in [3.63, 3.8) is 0 Å². The van der Waals surface area contributed by atoms with Gasteiger partial charge in [-0.25, -0.2) is 19.2 Å². The Labute approximate surface area is 148 Å². The molecule has 26 heavy (non-hydrogen) atoms. The maximum absolute atomic E-state index is 13.5. The van der Waals surface area contributed by atoms with Gasteiger partial charge in [-0.2, -0.15) is 0 Å². The number of nitrogens with one attached hydrogen (secondary N) is 1. The van der Waals surface area contributed by atoms with Crippen LogP contribution >= 0.6 is 0 Å². The van der Waals surface area contributed by atoms with Crippen molar-refractivity contribution in [3.05, 3.63) is 66.2 Å². The summed E-state index contributed by atoms with van der Waals surface area (Å²) in [4.78, 5) is 23.6. The monoisotopic (exact) mass is 354 g/mol. The first-order valence-electron chi connectivity index (χ1n) is 7.77. The predicted molar refractivity (Wildman–Crippen MR) is 92.6 cm³/mol. The van der Waals surface area contributed by atoms with Crippen LogP contribution in [0.4, 0.5) is 10.3 Å². The maximum Gasteiger partial charge on any atom is 0.335 e. The third kappa shape index (κ3) is 4.29. The molecule has 1 aromatic carbocycles. The topological polar surface area (TPSA) is 97.2 Å². The average molecular weight is 354 g/mol. The van der Waals surface area contributed by atoms with E-state index in [1.165, 1.54) is 30.6 Å². The Morgan fingerprint density at radius 2 is 1.92 bits per heavy atom. The standard InChI is InChI=1S/C18H15FN4O3/c19-13-3-1-2-4-16(13)26-10-9-22-18-21-8-6-14(23-18)15-11-12(17(24)25)5-7-20-15/h1-8,11H,9-10H2,(H,24,25)(H,21,22,23). The fourth-order valence-electron chi connectivity index (χ4n) is 2.18. The summed E-state index contributed by atoms with van der Waals surface area (Å²) in [5.74, 6) is -0.942. The summed E-state index contributed by atoms with van der Waals surface area (Å²) in [7, 11) is 0. The average Bonchev–Trinajstić information content (AvgIpc) is 2.67. The Bertz CT molecular complexity index is 920. The van der Waals surface area contributed by atoms with Crippen molar-refractivity contribution in [2.24, 2.45) is 0 Å². The molecule has 0 radical (unpaired) electrons.